The van der Waals surface area contributed by atoms with E-state index in [0.29, 0.717) is 5.69 Å². The zero-order valence-electron chi connectivity index (χ0n) is 6.82. The van der Waals surface area contributed by atoms with Crippen molar-refractivity contribution in [3.8, 4) is 6.07 Å². The van der Waals surface area contributed by atoms with Crippen molar-refractivity contribution in [3.05, 3.63) is 29.8 Å². The van der Waals surface area contributed by atoms with E-state index in [4.69, 9.17) is 10.4 Å². The summed E-state index contributed by atoms with van der Waals surface area (Å²) in [7, 11) is 0. The Bertz CT molecular complexity index is 355. The third kappa shape index (κ3) is 2.49. The fourth-order valence-corrected chi connectivity index (χ4v) is 0.904. The van der Waals surface area contributed by atoms with Gasteiger partial charge in [0.15, 0.2) is 0 Å². The van der Waals surface area contributed by atoms with E-state index in [1.54, 1.807) is 12.1 Å². The van der Waals surface area contributed by atoms with Gasteiger partial charge < -0.3 is 10.4 Å². The first-order valence-electron chi connectivity index (χ1n) is 3.68. The molecule has 13 heavy (non-hydrogen) atoms. The number of benzene rings is 1. The third-order valence-corrected chi connectivity index (χ3v) is 1.48. The highest BCUT2D eigenvalue weighted by molar-refractivity contribution is 5.88. The van der Waals surface area contributed by atoms with Crippen LogP contribution in [0.2, 0.25) is 0 Å². The smallest absolute Gasteiger partial charge is 0.335 e. The summed E-state index contributed by atoms with van der Waals surface area (Å²) in [5, 5.41) is 19.7. The van der Waals surface area contributed by atoms with Gasteiger partial charge in [-0.15, -0.1) is 0 Å². The number of carboxylic acids is 1. The van der Waals surface area contributed by atoms with E-state index in [0.717, 1.165) is 0 Å². The Hall–Kier alpha value is -2.02. The van der Waals surface area contributed by atoms with Crippen LogP contribution in [0.5, 0.6) is 0 Å². The summed E-state index contributed by atoms with van der Waals surface area (Å²) < 4.78 is 0. The van der Waals surface area contributed by atoms with Crippen LogP contribution in [0.3, 0.4) is 0 Å². The first kappa shape index (κ1) is 9.07. The average molecular weight is 176 g/mol. The molecule has 1 rings (SSSR count). The van der Waals surface area contributed by atoms with Crippen LogP contribution in [0.15, 0.2) is 24.3 Å². The number of anilines is 1. The van der Waals surface area contributed by atoms with Crippen LogP contribution in [-0.4, -0.2) is 17.6 Å². The van der Waals surface area contributed by atoms with Crippen molar-refractivity contribution in [2.75, 3.05) is 11.9 Å². The Kier molecular flexibility index (Phi) is 2.87. The maximum Gasteiger partial charge on any atom is 0.335 e. The minimum atomic E-state index is -0.972. The molecular weight excluding hydrogens is 168 g/mol. The van der Waals surface area contributed by atoms with E-state index in [2.05, 4.69) is 5.32 Å². The van der Waals surface area contributed by atoms with E-state index >= 15 is 0 Å². The second kappa shape index (κ2) is 4.12. The van der Waals surface area contributed by atoms with Crippen molar-refractivity contribution in [3.63, 3.8) is 0 Å². The molecule has 0 saturated carbocycles. The number of nitriles is 1. The number of carbonyl (C=O) groups is 1. The molecule has 0 saturated heterocycles. The molecule has 0 unspecified atom stereocenters. The van der Waals surface area contributed by atoms with Gasteiger partial charge in [0.1, 0.15) is 6.54 Å². The lowest BCUT2D eigenvalue weighted by molar-refractivity contribution is 0.0697. The second-order valence-electron chi connectivity index (χ2n) is 2.40. The van der Waals surface area contributed by atoms with Crippen molar-refractivity contribution in [2.45, 2.75) is 0 Å². The highest BCUT2D eigenvalue weighted by Gasteiger charge is 2.01. The minimum Gasteiger partial charge on any atom is -0.478 e. The molecule has 2 N–H and O–H groups in total. The van der Waals surface area contributed by atoms with Crippen molar-refractivity contribution in [1.82, 2.24) is 0 Å². The predicted molar refractivity (Wildman–Crippen MR) is 47.5 cm³/mol. The van der Waals surface area contributed by atoms with Gasteiger partial charge in [-0.1, -0.05) is 6.07 Å². The highest BCUT2D eigenvalue weighted by Crippen LogP contribution is 2.09. The molecule has 0 aliphatic rings. The number of carboxylic acid groups (broad SMARTS) is 1. The zero-order chi connectivity index (χ0) is 9.68. The van der Waals surface area contributed by atoms with Crippen LogP contribution in [0.25, 0.3) is 0 Å². The van der Waals surface area contributed by atoms with Crippen LogP contribution in [0.1, 0.15) is 10.4 Å². The largest absolute Gasteiger partial charge is 0.478 e. The monoisotopic (exact) mass is 176 g/mol. The Morgan fingerprint density at radius 1 is 1.62 bits per heavy atom. The number of hydrogen-bond acceptors (Lipinski definition) is 3. The molecule has 1 aromatic carbocycles. The molecular formula is C9H8N2O2. The SMILES string of the molecule is N#CCNc1cccc(C(=O)O)c1. The summed E-state index contributed by atoms with van der Waals surface area (Å²) in [5.41, 5.74) is 0.851. The maximum atomic E-state index is 10.5. The molecule has 0 aliphatic carbocycles. The van der Waals surface area contributed by atoms with Crippen LogP contribution in [-0.2, 0) is 0 Å². The molecule has 0 radical (unpaired) electrons. The Balaban J connectivity index is 2.80. The third-order valence-electron chi connectivity index (χ3n) is 1.48. The molecule has 4 heteroatoms. The lowest BCUT2D eigenvalue weighted by Gasteiger charge is -2.01. The van der Waals surface area contributed by atoms with E-state index in [9.17, 15) is 4.79 Å². The number of nitrogens with zero attached hydrogens (tertiary/aromatic N) is 1. The first-order chi connectivity index (χ1) is 6.24. The molecule has 0 spiro atoms. The maximum absolute atomic E-state index is 10.5. The molecule has 0 aromatic heterocycles. The summed E-state index contributed by atoms with van der Waals surface area (Å²) in [4.78, 5) is 10.5. The van der Waals surface area contributed by atoms with Crippen LogP contribution < -0.4 is 5.32 Å². The fraction of sp³-hybridized carbons (Fsp3) is 0.111. The standard InChI is InChI=1S/C9H8N2O2/c10-4-5-11-8-3-1-2-7(6-8)9(12)13/h1-3,6,11H,5H2,(H,12,13). The zero-order valence-corrected chi connectivity index (χ0v) is 6.82. The van der Waals surface area contributed by atoms with Crippen LogP contribution in [0.4, 0.5) is 5.69 Å². The normalized spacial score (nSPS) is 8.85. The molecule has 0 fully saturated rings. The number of hydrogen-bond donors (Lipinski definition) is 2. The lowest BCUT2D eigenvalue weighted by Crippen LogP contribution is -2.01. The Morgan fingerprint density at radius 2 is 2.38 bits per heavy atom. The summed E-state index contributed by atoms with van der Waals surface area (Å²) in [6, 6.07) is 8.23. The molecule has 0 aliphatic heterocycles. The van der Waals surface area contributed by atoms with Gasteiger partial charge in [0, 0.05) is 5.69 Å². The fourth-order valence-electron chi connectivity index (χ4n) is 0.904. The minimum absolute atomic E-state index is 0.170. The molecule has 1 aromatic rings. The quantitative estimate of drug-likeness (QED) is 0.681. The molecule has 4 nitrogen and oxygen atoms in total. The topological polar surface area (TPSA) is 73.1 Å². The van der Waals surface area contributed by atoms with Gasteiger partial charge in [-0.2, -0.15) is 5.26 Å². The summed E-state index contributed by atoms with van der Waals surface area (Å²) in [6.45, 7) is 0.170. The molecule has 0 atom stereocenters. The molecule has 0 amide bonds. The van der Waals surface area contributed by atoms with Crippen molar-refractivity contribution in [2.24, 2.45) is 0 Å². The molecule has 0 bridgehead atoms. The van der Waals surface area contributed by atoms with Crippen LogP contribution >= 0.6 is 0 Å². The number of nitrogens with one attached hydrogen (secondary N) is 1. The van der Waals surface area contributed by atoms with Crippen LogP contribution in [0, 0.1) is 11.3 Å². The first-order valence-corrected chi connectivity index (χ1v) is 3.68. The average Bonchev–Trinajstić information content (AvgIpc) is 2.15. The van der Waals surface area contributed by atoms with Gasteiger partial charge in [0.25, 0.3) is 0 Å². The van der Waals surface area contributed by atoms with E-state index in [-0.39, 0.29) is 12.1 Å². The Labute approximate surface area is 75.4 Å². The predicted octanol–water partition coefficient (Wildman–Crippen LogP) is 1.32. The summed E-state index contributed by atoms with van der Waals surface area (Å²) >= 11 is 0. The second-order valence-corrected chi connectivity index (χ2v) is 2.40. The molecule has 0 heterocycles. The van der Waals surface area contributed by atoms with Crippen molar-refractivity contribution < 1.29 is 9.90 Å². The van der Waals surface area contributed by atoms with Gasteiger partial charge >= 0.3 is 5.97 Å². The van der Waals surface area contributed by atoms with Gasteiger partial charge in [-0.25, -0.2) is 4.79 Å². The number of aromatic carboxylic acids is 1. The van der Waals surface area contributed by atoms with E-state index in [1.807, 2.05) is 6.07 Å². The van der Waals surface area contributed by atoms with Crippen molar-refractivity contribution in [1.29, 1.82) is 5.26 Å². The van der Waals surface area contributed by atoms with Crippen molar-refractivity contribution >= 4 is 11.7 Å². The van der Waals surface area contributed by atoms with Gasteiger partial charge in [-0.3, -0.25) is 0 Å². The van der Waals surface area contributed by atoms with Gasteiger partial charge in [-0.05, 0) is 18.2 Å². The summed E-state index contributed by atoms with van der Waals surface area (Å²) in [6.07, 6.45) is 0. The lowest BCUT2D eigenvalue weighted by atomic mass is 10.2. The van der Waals surface area contributed by atoms with E-state index < -0.39 is 5.97 Å². The Morgan fingerprint density at radius 3 is 3.00 bits per heavy atom. The highest BCUT2D eigenvalue weighted by atomic mass is 16.4. The van der Waals surface area contributed by atoms with Gasteiger partial charge in [0.05, 0.1) is 11.6 Å². The van der Waals surface area contributed by atoms with E-state index in [1.165, 1.54) is 12.1 Å². The van der Waals surface area contributed by atoms with Gasteiger partial charge in [0.2, 0.25) is 0 Å². The number of rotatable bonds is 3. The summed E-state index contributed by atoms with van der Waals surface area (Å²) in [5.74, 6) is -0.972. The molecule has 66 valence electrons.